The van der Waals surface area contributed by atoms with E-state index >= 15 is 0 Å². The number of hydrogen-bond acceptors (Lipinski definition) is 6. The van der Waals surface area contributed by atoms with Crippen LogP contribution >= 0.6 is 0 Å². The van der Waals surface area contributed by atoms with E-state index in [0.717, 1.165) is 38.1 Å². The Morgan fingerprint density at radius 1 is 1.28 bits per heavy atom. The minimum atomic E-state index is -4.61. The van der Waals surface area contributed by atoms with Crippen LogP contribution in [0.15, 0.2) is 6.20 Å². The van der Waals surface area contributed by atoms with Crippen molar-refractivity contribution >= 4 is 16.0 Å². The highest BCUT2D eigenvalue weighted by Gasteiger charge is 2.38. The second-order valence-electron chi connectivity index (χ2n) is 8.30. The van der Waals surface area contributed by atoms with Gasteiger partial charge in [0.25, 0.3) is 0 Å². The number of ether oxygens (including phenoxy) is 1. The molecule has 3 rings (SSSR count). The van der Waals surface area contributed by atoms with E-state index in [9.17, 15) is 21.6 Å². The SMILES string of the molecule is CC1(COc2nc(NC3CCN(S(C)(=O)=O)CC3)ncc2C(F)(F)F)CCCC1. The molecule has 2 fully saturated rings. The Labute approximate surface area is 169 Å². The summed E-state index contributed by atoms with van der Waals surface area (Å²) in [6, 6.07) is -0.120. The number of piperidine rings is 1. The molecule has 7 nitrogen and oxygen atoms in total. The van der Waals surface area contributed by atoms with E-state index in [4.69, 9.17) is 4.74 Å². The summed E-state index contributed by atoms with van der Waals surface area (Å²) in [4.78, 5) is 7.81. The van der Waals surface area contributed by atoms with Crippen molar-refractivity contribution in [3.05, 3.63) is 11.8 Å². The van der Waals surface area contributed by atoms with Gasteiger partial charge in [-0.05, 0) is 25.7 Å². The van der Waals surface area contributed by atoms with Crippen LogP contribution in [0.2, 0.25) is 0 Å². The summed E-state index contributed by atoms with van der Waals surface area (Å²) < 4.78 is 70.2. The van der Waals surface area contributed by atoms with Gasteiger partial charge in [-0.2, -0.15) is 18.2 Å². The van der Waals surface area contributed by atoms with Gasteiger partial charge >= 0.3 is 6.18 Å². The molecule has 0 aromatic carbocycles. The van der Waals surface area contributed by atoms with Crippen LogP contribution in [-0.4, -0.2) is 54.7 Å². The molecule has 2 aliphatic rings. The normalized spacial score (nSPS) is 21.3. The number of anilines is 1. The minimum absolute atomic E-state index is 0.0578. The first-order valence-electron chi connectivity index (χ1n) is 9.75. The van der Waals surface area contributed by atoms with Crippen molar-refractivity contribution in [3.63, 3.8) is 0 Å². The molecule has 0 spiro atoms. The van der Waals surface area contributed by atoms with Crippen LogP contribution in [-0.2, 0) is 16.2 Å². The molecule has 0 amide bonds. The van der Waals surface area contributed by atoms with Gasteiger partial charge < -0.3 is 10.1 Å². The van der Waals surface area contributed by atoms with Crippen molar-refractivity contribution < 1.29 is 26.3 Å². The quantitative estimate of drug-likeness (QED) is 0.737. The first-order chi connectivity index (χ1) is 13.5. The lowest BCUT2D eigenvalue weighted by molar-refractivity contribution is -0.139. The topological polar surface area (TPSA) is 84.4 Å². The maximum absolute atomic E-state index is 13.3. The Bertz CT molecular complexity index is 818. The molecule has 1 aliphatic heterocycles. The van der Waals surface area contributed by atoms with E-state index in [1.165, 1.54) is 4.31 Å². The van der Waals surface area contributed by atoms with E-state index in [0.29, 0.717) is 25.9 Å². The highest BCUT2D eigenvalue weighted by atomic mass is 32.2. The van der Waals surface area contributed by atoms with Crippen LogP contribution in [0.25, 0.3) is 0 Å². The molecule has 0 bridgehead atoms. The van der Waals surface area contributed by atoms with Crippen molar-refractivity contribution in [1.29, 1.82) is 0 Å². The van der Waals surface area contributed by atoms with Gasteiger partial charge in [0, 0.05) is 30.7 Å². The van der Waals surface area contributed by atoms with Crippen molar-refractivity contribution in [1.82, 2.24) is 14.3 Å². The van der Waals surface area contributed by atoms with Gasteiger partial charge in [0.1, 0.15) is 5.56 Å². The second-order valence-corrected chi connectivity index (χ2v) is 10.3. The van der Waals surface area contributed by atoms with Crippen LogP contribution in [0.4, 0.5) is 19.1 Å². The van der Waals surface area contributed by atoms with Crippen LogP contribution < -0.4 is 10.1 Å². The predicted molar refractivity (Wildman–Crippen MR) is 102 cm³/mol. The van der Waals surface area contributed by atoms with E-state index in [2.05, 4.69) is 15.3 Å². The summed E-state index contributed by atoms with van der Waals surface area (Å²) >= 11 is 0. The first kappa shape index (κ1) is 22.1. The molecule has 1 saturated carbocycles. The fourth-order valence-electron chi connectivity index (χ4n) is 3.87. The fourth-order valence-corrected chi connectivity index (χ4v) is 4.74. The van der Waals surface area contributed by atoms with Crippen molar-refractivity contribution in [2.24, 2.45) is 5.41 Å². The van der Waals surface area contributed by atoms with Gasteiger partial charge in [-0.15, -0.1) is 0 Å². The number of hydrogen-bond donors (Lipinski definition) is 1. The van der Waals surface area contributed by atoms with Crippen LogP contribution in [0.1, 0.15) is 51.0 Å². The lowest BCUT2D eigenvalue weighted by atomic mass is 9.90. The summed E-state index contributed by atoms with van der Waals surface area (Å²) in [5.74, 6) is -0.404. The summed E-state index contributed by atoms with van der Waals surface area (Å²) in [6.07, 6.45) is 2.28. The Morgan fingerprint density at radius 2 is 1.90 bits per heavy atom. The van der Waals surface area contributed by atoms with Crippen molar-refractivity contribution in [2.45, 2.75) is 57.7 Å². The van der Waals surface area contributed by atoms with Gasteiger partial charge in [0.15, 0.2) is 0 Å². The molecule has 164 valence electrons. The molecule has 2 heterocycles. The van der Waals surface area contributed by atoms with E-state index in [1.807, 2.05) is 6.92 Å². The standard InChI is InChI=1S/C18H27F3N4O3S/c1-17(7-3-4-8-17)12-28-15-14(18(19,20)21)11-22-16(24-15)23-13-5-9-25(10-6-13)29(2,26)27/h11,13H,3-10,12H2,1-2H3,(H,22,23,24). The molecule has 0 atom stereocenters. The van der Waals surface area contributed by atoms with Gasteiger partial charge in [0.2, 0.25) is 21.9 Å². The summed E-state index contributed by atoms with van der Waals surface area (Å²) in [7, 11) is -3.24. The molecule has 1 saturated heterocycles. The zero-order valence-corrected chi connectivity index (χ0v) is 17.4. The van der Waals surface area contributed by atoms with Crippen LogP contribution in [0.5, 0.6) is 5.88 Å². The second kappa shape index (κ2) is 8.25. The van der Waals surface area contributed by atoms with Gasteiger partial charge in [0.05, 0.1) is 12.9 Å². The summed E-state index contributed by atoms with van der Waals surface area (Å²) in [5, 5.41) is 3.02. The number of halogens is 3. The number of aromatic nitrogens is 2. The third kappa shape index (κ3) is 5.71. The molecule has 1 N–H and O–H groups in total. The number of alkyl halides is 3. The van der Waals surface area contributed by atoms with E-state index in [-0.39, 0.29) is 24.0 Å². The van der Waals surface area contributed by atoms with Crippen LogP contribution in [0, 0.1) is 5.41 Å². The fraction of sp³-hybridized carbons (Fsp3) is 0.778. The van der Waals surface area contributed by atoms with Gasteiger partial charge in [-0.25, -0.2) is 17.7 Å². The average Bonchev–Trinajstić information content (AvgIpc) is 3.06. The Hall–Kier alpha value is -1.62. The van der Waals surface area contributed by atoms with Crippen molar-refractivity contribution in [3.8, 4) is 5.88 Å². The maximum atomic E-state index is 13.3. The average molecular weight is 437 g/mol. The Morgan fingerprint density at radius 3 is 2.45 bits per heavy atom. The number of sulfonamides is 1. The molecule has 0 unspecified atom stereocenters. The first-order valence-corrected chi connectivity index (χ1v) is 11.6. The predicted octanol–water partition coefficient (Wildman–Crippen LogP) is 3.29. The third-order valence-corrected chi connectivity index (χ3v) is 6.99. The zero-order valence-electron chi connectivity index (χ0n) is 16.6. The monoisotopic (exact) mass is 436 g/mol. The highest BCUT2D eigenvalue weighted by Crippen LogP contribution is 2.40. The lowest BCUT2D eigenvalue weighted by Crippen LogP contribution is -2.42. The van der Waals surface area contributed by atoms with E-state index < -0.39 is 27.6 Å². The Kier molecular flexibility index (Phi) is 6.28. The molecular formula is C18H27F3N4O3S. The third-order valence-electron chi connectivity index (χ3n) is 5.68. The lowest BCUT2D eigenvalue weighted by Gasteiger charge is -2.30. The molecule has 1 aromatic heterocycles. The van der Waals surface area contributed by atoms with Crippen molar-refractivity contribution in [2.75, 3.05) is 31.3 Å². The molecule has 29 heavy (non-hydrogen) atoms. The number of nitrogens with one attached hydrogen (secondary N) is 1. The van der Waals surface area contributed by atoms with E-state index in [1.54, 1.807) is 0 Å². The molecule has 11 heteroatoms. The molecule has 0 radical (unpaired) electrons. The minimum Gasteiger partial charge on any atom is -0.477 e. The summed E-state index contributed by atoms with van der Waals surface area (Å²) in [6.45, 7) is 2.89. The van der Waals surface area contributed by atoms with Gasteiger partial charge in [-0.3, -0.25) is 0 Å². The zero-order chi connectivity index (χ0) is 21.3. The number of rotatable bonds is 6. The Balaban J connectivity index is 1.70. The molecular weight excluding hydrogens is 409 g/mol. The van der Waals surface area contributed by atoms with Crippen LogP contribution in [0.3, 0.4) is 0 Å². The largest absolute Gasteiger partial charge is 0.477 e. The van der Waals surface area contributed by atoms with Gasteiger partial charge in [-0.1, -0.05) is 19.8 Å². The smallest absolute Gasteiger partial charge is 0.423 e. The highest BCUT2D eigenvalue weighted by molar-refractivity contribution is 7.88. The maximum Gasteiger partial charge on any atom is 0.423 e. The molecule has 1 aliphatic carbocycles. The summed E-state index contributed by atoms with van der Waals surface area (Å²) in [5.41, 5.74) is -1.13. The molecule has 1 aromatic rings. The number of nitrogens with zero attached hydrogens (tertiary/aromatic N) is 3.